The summed E-state index contributed by atoms with van der Waals surface area (Å²) >= 11 is 5.28. The second kappa shape index (κ2) is 3.92. The summed E-state index contributed by atoms with van der Waals surface area (Å²) in [5, 5.41) is -0.412. The molecule has 0 radical (unpaired) electrons. The molecule has 0 bridgehead atoms. The molecule has 0 aliphatic carbocycles. The fourth-order valence-corrected chi connectivity index (χ4v) is 2.39. The zero-order valence-electron chi connectivity index (χ0n) is 8.01. The van der Waals surface area contributed by atoms with Crippen molar-refractivity contribution in [1.29, 1.82) is 0 Å². The number of hydrogen-bond donors (Lipinski definition) is 0. The summed E-state index contributed by atoms with van der Waals surface area (Å²) in [4.78, 5) is 11.4. The van der Waals surface area contributed by atoms with Gasteiger partial charge < -0.3 is 4.42 Å². The van der Waals surface area contributed by atoms with E-state index in [0.717, 1.165) is 6.26 Å². The van der Waals surface area contributed by atoms with Crippen LogP contribution in [0.25, 0.3) is 11.0 Å². The van der Waals surface area contributed by atoms with Crippen LogP contribution in [0.2, 0.25) is 0 Å². The van der Waals surface area contributed by atoms with E-state index < -0.39 is 25.4 Å². The molecule has 0 fully saturated rings. The number of para-hydroxylation sites is 1. The van der Waals surface area contributed by atoms with Crippen LogP contribution in [0.15, 0.2) is 44.6 Å². The van der Waals surface area contributed by atoms with Crippen molar-refractivity contribution in [3.05, 3.63) is 40.8 Å². The topological polar surface area (TPSA) is 64.3 Å². The van der Waals surface area contributed by atoms with E-state index in [1.54, 1.807) is 18.2 Å². The van der Waals surface area contributed by atoms with Gasteiger partial charge in [0.1, 0.15) is 17.1 Å². The Morgan fingerprint density at radius 1 is 1.25 bits per heavy atom. The number of halogens is 1. The summed E-state index contributed by atoms with van der Waals surface area (Å²) in [5.41, 5.74) is -0.233. The summed E-state index contributed by atoms with van der Waals surface area (Å²) in [6.45, 7) is 0. The maximum Gasteiger partial charge on any atom is 0.211 e. The van der Waals surface area contributed by atoms with Crippen LogP contribution in [0, 0.1) is 0 Å². The lowest BCUT2D eigenvalue weighted by molar-refractivity contribution is 0.568. The van der Waals surface area contributed by atoms with Crippen molar-refractivity contribution < 1.29 is 12.8 Å². The van der Waals surface area contributed by atoms with Crippen LogP contribution in [0.5, 0.6) is 0 Å². The highest BCUT2D eigenvalue weighted by Crippen LogP contribution is 2.14. The summed E-state index contributed by atoms with van der Waals surface area (Å²) < 4.78 is 28.0. The largest absolute Gasteiger partial charge is 0.463 e. The Kier molecular flexibility index (Phi) is 2.73. The molecule has 0 spiro atoms. The highest BCUT2D eigenvalue weighted by atomic mass is 35.5. The summed E-state index contributed by atoms with van der Waals surface area (Å²) in [6, 6.07) is 6.43. The van der Waals surface area contributed by atoms with Crippen LogP contribution < -0.4 is 5.43 Å². The molecule has 0 aliphatic rings. The first-order valence-electron chi connectivity index (χ1n) is 4.35. The third-order valence-electron chi connectivity index (χ3n) is 2.13. The normalized spacial score (nSPS) is 11.8. The van der Waals surface area contributed by atoms with E-state index in [-0.39, 0.29) is 5.39 Å². The average molecular weight is 259 g/mol. The molecular formula is C10H7ClO4S. The standard InChI is InChI=1S/C10H7ClO4S/c11-6-16(13,14)9-5-15-8-4-2-1-3-7(8)10(9)12/h1-5H,6H2. The minimum atomic E-state index is -3.76. The molecule has 0 saturated carbocycles. The number of fused-ring (bicyclic) bond motifs is 1. The van der Waals surface area contributed by atoms with Gasteiger partial charge in [0.2, 0.25) is 5.43 Å². The summed E-state index contributed by atoms with van der Waals surface area (Å²) in [5.74, 6) is 0. The Balaban J connectivity index is 2.86. The van der Waals surface area contributed by atoms with Gasteiger partial charge in [0, 0.05) is 0 Å². The average Bonchev–Trinajstić information content (AvgIpc) is 2.29. The van der Waals surface area contributed by atoms with Crippen LogP contribution in [-0.2, 0) is 9.84 Å². The number of hydrogen-bond acceptors (Lipinski definition) is 4. The Labute approximate surface area is 96.4 Å². The first kappa shape index (κ1) is 11.2. The van der Waals surface area contributed by atoms with Crippen molar-refractivity contribution in [1.82, 2.24) is 0 Å². The highest BCUT2D eigenvalue weighted by molar-refractivity contribution is 7.92. The predicted molar refractivity (Wildman–Crippen MR) is 60.4 cm³/mol. The Morgan fingerprint density at radius 2 is 1.94 bits per heavy atom. The molecule has 16 heavy (non-hydrogen) atoms. The molecule has 84 valence electrons. The monoisotopic (exact) mass is 258 g/mol. The molecule has 0 aliphatic heterocycles. The highest BCUT2D eigenvalue weighted by Gasteiger charge is 2.19. The molecule has 4 nitrogen and oxygen atoms in total. The van der Waals surface area contributed by atoms with Crippen molar-refractivity contribution >= 4 is 32.4 Å². The van der Waals surface area contributed by atoms with Crippen molar-refractivity contribution in [2.45, 2.75) is 4.90 Å². The first-order valence-corrected chi connectivity index (χ1v) is 6.54. The number of alkyl halides is 1. The lowest BCUT2D eigenvalue weighted by Gasteiger charge is -2.00. The molecule has 0 unspecified atom stereocenters. The maximum absolute atomic E-state index is 11.8. The van der Waals surface area contributed by atoms with Crippen LogP contribution in [0.1, 0.15) is 0 Å². The van der Waals surface area contributed by atoms with Gasteiger partial charge in [0.15, 0.2) is 14.7 Å². The third-order valence-corrected chi connectivity index (χ3v) is 4.23. The predicted octanol–water partition coefficient (Wildman–Crippen LogP) is 1.76. The van der Waals surface area contributed by atoms with Gasteiger partial charge in [-0.1, -0.05) is 12.1 Å². The van der Waals surface area contributed by atoms with Crippen LogP contribution >= 0.6 is 11.6 Å². The van der Waals surface area contributed by atoms with Crippen molar-refractivity contribution in [2.75, 3.05) is 5.21 Å². The quantitative estimate of drug-likeness (QED) is 0.770. The molecule has 0 atom stereocenters. The summed E-state index contributed by atoms with van der Waals surface area (Å²) in [6.07, 6.45) is 0.933. The fourth-order valence-electron chi connectivity index (χ4n) is 1.33. The zero-order chi connectivity index (χ0) is 11.8. The molecule has 1 aromatic heterocycles. The van der Waals surface area contributed by atoms with E-state index in [1.165, 1.54) is 6.07 Å². The number of benzene rings is 1. The maximum atomic E-state index is 11.8. The van der Waals surface area contributed by atoms with Crippen LogP contribution in [0.3, 0.4) is 0 Å². The molecule has 0 saturated heterocycles. The van der Waals surface area contributed by atoms with Gasteiger partial charge in [-0.25, -0.2) is 8.42 Å². The molecule has 0 amide bonds. The van der Waals surface area contributed by atoms with E-state index in [9.17, 15) is 13.2 Å². The van der Waals surface area contributed by atoms with E-state index in [2.05, 4.69) is 0 Å². The zero-order valence-corrected chi connectivity index (χ0v) is 9.59. The smallest absolute Gasteiger partial charge is 0.211 e. The molecule has 1 heterocycles. The third kappa shape index (κ3) is 1.72. The van der Waals surface area contributed by atoms with E-state index in [1.807, 2.05) is 0 Å². The molecule has 1 aromatic carbocycles. The van der Waals surface area contributed by atoms with E-state index in [4.69, 9.17) is 16.0 Å². The van der Waals surface area contributed by atoms with Crippen molar-refractivity contribution in [3.8, 4) is 0 Å². The second-order valence-corrected chi connectivity index (χ2v) is 5.69. The van der Waals surface area contributed by atoms with E-state index >= 15 is 0 Å². The Morgan fingerprint density at radius 3 is 2.62 bits per heavy atom. The molecular weight excluding hydrogens is 252 g/mol. The fraction of sp³-hybridized carbons (Fsp3) is 0.100. The van der Waals surface area contributed by atoms with Crippen molar-refractivity contribution in [2.24, 2.45) is 0 Å². The minimum Gasteiger partial charge on any atom is -0.463 e. The Hall–Kier alpha value is -1.33. The van der Waals surface area contributed by atoms with Crippen LogP contribution in [0.4, 0.5) is 0 Å². The second-order valence-electron chi connectivity index (χ2n) is 3.15. The van der Waals surface area contributed by atoms with Crippen molar-refractivity contribution in [3.63, 3.8) is 0 Å². The SMILES string of the molecule is O=c1c(S(=O)(=O)CCl)coc2ccccc12. The van der Waals surface area contributed by atoms with Gasteiger partial charge in [-0.3, -0.25) is 4.79 Å². The van der Waals surface area contributed by atoms with Gasteiger partial charge >= 0.3 is 0 Å². The van der Waals surface area contributed by atoms with E-state index in [0.29, 0.717) is 5.58 Å². The van der Waals surface area contributed by atoms with Gasteiger partial charge in [0.25, 0.3) is 0 Å². The molecule has 6 heteroatoms. The number of sulfone groups is 1. The first-order chi connectivity index (χ1) is 7.56. The van der Waals surface area contributed by atoms with Gasteiger partial charge in [0.05, 0.1) is 5.39 Å². The van der Waals surface area contributed by atoms with Gasteiger partial charge in [-0.2, -0.15) is 0 Å². The van der Waals surface area contributed by atoms with Gasteiger partial charge in [-0.05, 0) is 12.1 Å². The van der Waals surface area contributed by atoms with Crippen LogP contribution in [-0.4, -0.2) is 13.6 Å². The lowest BCUT2D eigenvalue weighted by atomic mass is 10.2. The molecule has 0 N–H and O–H groups in total. The summed E-state index contributed by atoms with van der Waals surface area (Å²) in [7, 11) is -3.76. The molecule has 2 rings (SSSR count). The minimum absolute atomic E-state index is 0.230. The lowest BCUT2D eigenvalue weighted by Crippen LogP contribution is -2.15. The number of rotatable bonds is 2. The Bertz CT molecular complexity index is 687. The van der Waals surface area contributed by atoms with Gasteiger partial charge in [-0.15, -0.1) is 11.6 Å². The molecule has 2 aromatic rings.